The van der Waals surface area contributed by atoms with Gasteiger partial charge < -0.3 is 0 Å². The Bertz CT molecular complexity index is 160. The molecule has 0 atom stereocenters. The van der Waals surface area contributed by atoms with E-state index in [4.69, 9.17) is 5.26 Å². The van der Waals surface area contributed by atoms with Gasteiger partial charge in [-0.05, 0) is 13.3 Å². The maximum atomic E-state index is 11.1. The Morgan fingerprint density at radius 2 is 2.18 bits per heavy atom. The van der Waals surface area contributed by atoms with Crippen molar-refractivity contribution in [2.24, 2.45) is 0 Å². The second-order valence-electron chi connectivity index (χ2n) is 2.34. The highest BCUT2D eigenvalue weighted by Gasteiger charge is 2.22. The van der Waals surface area contributed by atoms with Crippen LogP contribution in [0.3, 0.4) is 0 Å². The van der Waals surface area contributed by atoms with E-state index in [1.165, 1.54) is 4.90 Å². The van der Waals surface area contributed by atoms with Crippen LogP contribution in [0.25, 0.3) is 0 Å². The van der Waals surface area contributed by atoms with Crippen molar-refractivity contribution in [2.45, 2.75) is 33.1 Å². The second-order valence-corrected chi connectivity index (χ2v) is 2.34. The molecule has 0 spiro atoms. The smallest absolute Gasteiger partial charge is 0.224 e. The van der Waals surface area contributed by atoms with Crippen LogP contribution in [0.5, 0.6) is 0 Å². The Labute approximate surface area is 67.6 Å². The molecule has 0 saturated heterocycles. The molecule has 0 heterocycles. The summed E-state index contributed by atoms with van der Waals surface area (Å²) < 4.78 is 0. The Morgan fingerprint density at radius 1 is 1.55 bits per heavy atom. The van der Waals surface area contributed by atoms with Gasteiger partial charge in [0.25, 0.3) is 0 Å². The third kappa shape index (κ3) is 3.74. The van der Waals surface area contributed by atoms with Crippen LogP contribution >= 0.6 is 0 Å². The molecule has 1 radical (unpaired) electrons. The van der Waals surface area contributed by atoms with Gasteiger partial charge in [0.05, 0.1) is 6.42 Å². The molecular weight excluding hydrogens is 140 g/mol. The molecule has 0 aromatic carbocycles. The minimum Gasteiger partial charge on any atom is -0.224 e. The predicted molar refractivity (Wildman–Crippen MR) is 42.8 cm³/mol. The summed E-state index contributed by atoms with van der Waals surface area (Å²) in [6, 6.07) is 0. The Kier molecular flexibility index (Phi) is 5.40. The van der Waals surface area contributed by atoms with Crippen LogP contribution in [-0.4, -0.2) is 12.5 Å². The summed E-state index contributed by atoms with van der Waals surface area (Å²) in [7, 11) is 0. The summed E-state index contributed by atoms with van der Waals surface area (Å²) in [6.45, 7) is 4.31. The normalized spacial score (nSPS) is 9.64. The fourth-order valence-corrected chi connectivity index (χ4v) is 0.766. The number of rotatable bonds is 4. The molecule has 0 aliphatic heterocycles. The van der Waals surface area contributed by atoms with Crippen LogP contribution in [0, 0.1) is 11.5 Å². The molecule has 0 rings (SSSR count). The molecule has 0 bridgehead atoms. The number of hydrogen-bond acceptors (Lipinski definition) is 2. The van der Waals surface area contributed by atoms with E-state index < -0.39 is 0 Å². The number of carbonyl (C=O) groups is 1. The number of nitriles is 1. The average molecular weight is 154 g/mol. The van der Waals surface area contributed by atoms with Gasteiger partial charge in [-0.25, -0.2) is 4.79 Å². The van der Waals surface area contributed by atoms with Crippen LogP contribution in [0.1, 0.15) is 33.1 Å². The average Bonchev–Trinajstić information content (AvgIpc) is 2.03. The summed E-state index contributed by atoms with van der Waals surface area (Å²) in [4.78, 5) is 12.3. The fourth-order valence-electron chi connectivity index (χ4n) is 0.766. The minimum atomic E-state index is -0.0585. The molecule has 11 heavy (non-hydrogen) atoms. The molecule has 0 saturated carbocycles. The lowest BCUT2D eigenvalue weighted by molar-refractivity contribution is -0.123. The van der Waals surface area contributed by atoms with Crippen molar-refractivity contribution in [3.63, 3.8) is 0 Å². The van der Waals surface area contributed by atoms with Gasteiger partial charge in [-0.15, -0.1) is 5.26 Å². The van der Waals surface area contributed by atoms with E-state index in [1.54, 1.807) is 6.92 Å². The molecular formula is C8H14N2O+. The summed E-state index contributed by atoms with van der Waals surface area (Å²) in [5.74, 6) is -0.0585. The van der Waals surface area contributed by atoms with Gasteiger partial charge >= 0.3 is 12.1 Å². The van der Waals surface area contributed by atoms with Gasteiger partial charge in [0, 0.05) is 4.90 Å². The molecule has 0 aromatic heterocycles. The fraction of sp³-hybridized carbons (Fsp3) is 0.750. The molecule has 0 unspecified atom stereocenters. The number of hydrogen-bond donors (Lipinski definition) is 0. The van der Waals surface area contributed by atoms with E-state index in [1.807, 2.05) is 13.1 Å². The van der Waals surface area contributed by atoms with Crippen molar-refractivity contribution in [1.29, 1.82) is 5.26 Å². The molecule has 0 aromatic rings. The molecule has 0 aliphatic carbocycles. The third-order valence-electron chi connectivity index (χ3n) is 1.48. The molecule has 3 heteroatoms. The molecule has 1 amide bonds. The van der Waals surface area contributed by atoms with Crippen molar-refractivity contribution in [3.05, 3.63) is 0 Å². The van der Waals surface area contributed by atoms with Crippen LogP contribution in [0.2, 0.25) is 0 Å². The van der Waals surface area contributed by atoms with Crippen molar-refractivity contribution < 1.29 is 4.79 Å². The van der Waals surface area contributed by atoms with E-state index in [-0.39, 0.29) is 5.91 Å². The first-order valence-electron chi connectivity index (χ1n) is 3.96. The summed E-state index contributed by atoms with van der Waals surface area (Å²) in [5, 5.41) is 8.45. The standard InChI is InChI=1S/C8H14N2O/c1-3-5-6-8(11)10(4-2)7-9/h3-6H2,1-2H3/q+1. The monoisotopic (exact) mass is 154 g/mol. The first kappa shape index (κ1) is 10.1. The molecule has 0 fully saturated rings. The minimum absolute atomic E-state index is 0.0585. The Morgan fingerprint density at radius 3 is 2.55 bits per heavy atom. The van der Waals surface area contributed by atoms with Gasteiger partial charge in [-0.1, -0.05) is 13.3 Å². The maximum absolute atomic E-state index is 11.1. The highest BCUT2D eigenvalue weighted by Crippen LogP contribution is 1.96. The van der Waals surface area contributed by atoms with E-state index in [0.717, 1.165) is 12.8 Å². The number of amides is 1. The number of carbonyl (C=O) groups excluding carboxylic acids is 1. The van der Waals surface area contributed by atoms with E-state index in [0.29, 0.717) is 13.0 Å². The lowest BCUT2D eigenvalue weighted by Gasteiger charge is -1.95. The molecule has 0 N–H and O–H groups in total. The summed E-state index contributed by atoms with van der Waals surface area (Å²) in [5.41, 5.74) is 0. The van der Waals surface area contributed by atoms with Crippen LogP contribution in [0.4, 0.5) is 0 Å². The lowest BCUT2D eigenvalue weighted by Crippen LogP contribution is -2.31. The van der Waals surface area contributed by atoms with Gasteiger partial charge in [0.15, 0.2) is 0 Å². The Balaban J connectivity index is 3.72. The zero-order valence-corrected chi connectivity index (χ0v) is 7.13. The van der Waals surface area contributed by atoms with Gasteiger partial charge in [-0.3, -0.25) is 0 Å². The predicted octanol–water partition coefficient (Wildman–Crippen LogP) is 1.34. The van der Waals surface area contributed by atoms with Gasteiger partial charge in [0.2, 0.25) is 0 Å². The highest BCUT2D eigenvalue weighted by molar-refractivity contribution is 5.80. The zero-order chi connectivity index (χ0) is 8.69. The number of nitrogens with zero attached hydrogens (tertiary/aromatic N) is 2. The van der Waals surface area contributed by atoms with E-state index in [2.05, 4.69) is 0 Å². The molecule has 61 valence electrons. The van der Waals surface area contributed by atoms with Crippen molar-refractivity contribution in [3.8, 4) is 6.19 Å². The maximum Gasteiger partial charge on any atom is 0.377 e. The van der Waals surface area contributed by atoms with E-state index >= 15 is 0 Å². The van der Waals surface area contributed by atoms with Crippen LogP contribution in [-0.2, 0) is 4.79 Å². The van der Waals surface area contributed by atoms with Gasteiger partial charge in [-0.2, -0.15) is 0 Å². The first-order valence-corrected chi connectivity index (χ1v) is 3.96. The second kappa shape index (κ2) is 5.87. The zero-order valence-electron chi connectivity index (χ0n) is 7.13. The van der Waals surface area contributed by atoms with Crippen molar-refractivity contribution >= 4 is 5.91 Å². The Hall–Kier alpha value is -0.880. The van der Waals surface area contributed by atoms with E-state index in [9.17, 15) is 4.79 Å². The van der Waals surface area contributed by atoms with Crippen LogP contribution < -0.4 is 4.90 Å². The van der Waals surface area contributed by atoms with Crippen LogP contribution in [0.15, 0.2) is 0 Å². The summed E-state index contributed by atoms with van der Waals surface area (Å²) >= 11 is 0. The SMILES string of the molecule is CCCCC(=O)[N+](C#N)CC. The first-order chi connectivity index (χ1) is 5.26. The van der Waals surface area contributed by atoms with Crippen molar-refractivity contribution in [2.75, 3.05) is 6.54 Å². The topological polar surface area (TPSA) is 46.8 Å². The largest absolute Gasteiger partial charge is 0.377 e. The quantitative estimate of drug-likeness (QED) is 0.348. The molecule has 0 aliphatic rings. The molecule has 3 nitrogen and oxygen atoms in total. The lowest BCUT2D eigenvalue weighted by atomic mass is 10.2. The number of unbranched alkanes of at least 4 members (excludes halogenated alkanes) is 1. The summed E-state index contributed by atoms with van der Waals surface area (Å²) in [6.07, 6.45) is 4.21. The highest BCUT2D eigenvalue weighted by atomic mass is 16.2. The van der Waals surface area contributed by atoms with Gasteiger partial charge in [0.1, 0.15) is 6.54 Å². The van der Waals surface area contributed by atoms with Crippen molar-refractivity contribution in [1.82, 2.24) is 4.90 Å². The third-order valence-corrected chi connectivity index (χ3v) is 1.48.